The van der Waals surface area contributed by atoms with Crippen LogP contribution in [0, 0.1) is 15.9 Å². The van der Waals surface area contributed by atoms with E-state index in [4.69, 9.17) is 9.84 Å². The van der Waals surface area contributed by atoms with Gasteiger partial charge in [0.15, 0.2) is 0 Å². The van der Waals surface area contributed by atoms with Crippen LogP contribution >= 0.6 is 11.8 Å². The molecule has 0 bridgehead atoms. The van der Waals surface area contributed by atoms with Crippen molar-refractivity contribution in [3.05, 3.63) is 28.1 Å². The fourth-order valence-corrected chi connectivity index (χ4v) is 2.18. The van der Waals surface area contributed by atoms with Gasteiger partial charge in [0, 0.05) is 17.9 Å². The predicted molar refractivity (Wildman–Crippen MR) is 63.4 cm³/mol. The highest BCUT2D eigenvalue weighted by molar-refractivity contribution is 7.99. The van der Waals surface area contributed by atoms with Gasteiger partial charge in [-0.25, -0.2) is 0 Å². The summed E-state index contributed by atoms with van der Waals surface area (Å²) in [5.41, 5.74) is -0.661. The molecule has 8 heteroatoms. The minimum absolute atomic E-state index is 0.0178. The molecular weight excluding hydrogens is 265 g/mol. The van der Waals surface area contributed by atoms with Gasteiger partial charge in [0.1, 0.15) is 5.75 Å². The summed E-state index contributed by atoms with van der Waals surface area (Å²) in [6.07, 6.45) is -1.02. The van der Waals surface area contributed by atoms with Gasteiger partial charge in [-0.15, -0.1) is 11.8 Å². The van der Waals surface area contributed by atoms with Gasteiger partial charge in [-0.05, 0) is 0 Å². The molecule has 18 heavy (non-hydrogen) atoms. The lowest BCUT2D eigenvalue weighted by atomic mass is 10.3. The Morgan fingerprint density at radius 1 is 1.61 bits per heavy atom. The van der Waals surface area contributed by atoms with Crippen LogP contribution in [0.5, 0.6) is 5.75 Å². The number of thioether (sulfide) groups is 1. The maximum atomic E-state index is 13.5. The fraction of sp³-hybridized carbons (Fsp3) is 0.400. The van der Waals surface area contributed by atoms with E-state index < -0.39 is 29.1 Å². The van der Waals surface area contributed by atoms with Crippen molar-refractivity contribution >= 4 is 17.4 Å². The number of rotatable bonds is 6. The predicted octanol–water partition coefficient (Wildman–Crippen LogP) is 1.19. The van der Waals surface area contributed by atoms with E-state index in [1.807, 2.05) is 0 Å². The maximum absolute atomic E-state index is 13.5. The molecule has 100 valence electrons. The second-order valence-electron chi connectivity index (χ2n) is 3.36. The molecular formula is C10H12FNO5S. The standard InChI is InChI=1S/C10H12FNO5S/c1-17-7-2-8(11)10(12(15)16)9(3-7)18-5-6(14)4-13/h2-3,6,13-14H,4-5H2,1H3. The van der Waals surface area contributed by atoms with E-state index in [0.29, 0.717) is 0 Å². The second kappa shape index (κ2) is 6.53. The van der Waals surface area contributed by atoms with Gasteiger partial charge in [0.05, 0.1) is 29.6 Å². The number of ether oxygens (including phenoxy) is 1. The van der Waals surface area contributed by atoms with Crippen LogP contribution in [0.2, 0.25) is 0 Å². The molecule has 6 nitrogen and oxygen atoms in total. The Morgan fingerprint density at radius 3 is 2.78 bits per heavy atom. The summed E-state index contributed by atoms with van der Waals surface area (Å²) in [5.74, 6) is -0.830. The molecule has 0 aromatic heterocycles. The van der Waals surface area contributed by atoms with Crippen LogP contribution in [-0.4, -0.2) is 40.7 Å². The maximum Gasteiger partial charge on any atom is 0.318 e. The molecule has 1 atom stereocenters. The van der Waals surface area contributed by atoms with Gasteiger partial charge in [0.25, 0.3) is 0 Å². The molecule has 0 fully saturated rings. The zero-order chi connectivity index (χ0) is 13.7. The van der Waals surface area contributed by atoms with E-state index in [0.717, 1.165) is 17.8 Å². The Morgan fingerprint density at radius 2 is 2.28 bits per heavy atom. The molecule has 0 saturated carbocycles. The molecule has 0 aliphatic rings. The smallest absolute Gasteiger partial charge is 0.318 e. The molecule has 0 amide bonds. The van der Waals surface area contributed by atoms with Gasteiger partial charge in [-0.1, -0.05) is 0 Å². The van der Waals surface area contributed by atoms with Gasteiger partial charge in [-0.2, -0.15) is 4.39 Å². The zero-order valence-electron chi connectivity index (χ0n) is 9.50. The van der Waals surface area contributed by atoms with Crippen LogP contribution in [0.25, 0.3) is 0 Å². The van der Waals surface area contributed by atoms with E-state index in [2.05, 4.69) is 0 Å². The van der Waals surface area contributed by atoms with Crippen molar-refractivity contribution in [1.82, 2.24) is 0 Å². The van der Waals surface area contributed by atoms with Crippen LogP contribution in [0.4, 0.5) is 10.1 Å². The van der Waals surface area contributed by atoms with E-state index in [1.165, 1.54) is 13.2 Å². The van der Waals surface area contributed by atoms with Crippen LogP contribution in [0.15, 0.2) is 17.0 Å². The Hall–Kier alpha value is -1.38. The molecule has 0 aliphatic heterocycles. The van der Waals surface area contributed by atoms with Crippen LogP contribution in [0.3, 0.4) is 0 Å². The highest BCUT2D eigenvalue weighted by Crippen LogP contribution is 2.35. The fourth-order valence-electron chi connectivity index (χ4n) is 1.19. The monoisotopic (exact) mass is 277 g/mol. The topological polar surface area (TPSA) is 92.8 Å². The van der Waals surface area contributed by atoms with Crippen molar-refractivity contribution in [2.45, 2.75) is 11.0 Å². The summed E-state index contributed by atoms with van der Waals surface area (Å²) in [6.45, 7) is -0.465. The third-order valence-electron chi connectivity index (χ3n) is 2.06. The molecule has 0 spiro atoms. The number of nitro groups is 1. The van der Waals surface area contributed by atoms with Crippen molar-refractivity contribution in [1.29, 1.82) is 0 Å². The Bertz CT molecular complexity index is 443. The second-order valence-corrected chi connectivity index (χ2v) is 4.42. The number of hydrogen-bond acceptors (Lipinski definition) is 6. The highest BCUT2D eigenvalue weighted by atomic mass is 32.2. The summed E-state index contributed by atoms with van der Waals surface area (Å²) < 4.78 is 18.3. The highest BCUT2D eigenvalue weighted by Gasteiger charge is 2.23. The number of benzene rings is 1. The number of methoxy groups -OCH3 is 1. The number of nitro benzene ring substituents is 1. The van der Waals surface area contributed by atoms with E-state index in [1.54, 1.807) is 0 Å². The van der Waals surface area contributed by atoms with Crippen LogP contribution in [-0.2, 0) is 0 Å². The normalized spacial score (nSPS) is 12.2. The first-order chi connectivity index (χ1) is 8.49. The average molecular weight is 277 g/mol. The molecule has 1 aromatic carbocycles. The SMILES string of the molecule is COc1cc(F)c([N+](=O)[O-])c(SCC(O)CO)c1. The number of nitrogens with zero attached hydrogens (tertiary/aromatic N) is 1. The summed E-state index contributed by atoms with van der Waals surface area (Å²) in [7, 11) is 1.32. The number of halogens is 1. The first-order valence-corrected chi connectivity index (χ1v) is 5.91. The van der Waals surface area contributed by atoms with Gasteiger partial charge in [-0.3, -0.25) is 10.1 Å². The minimum Gasteiger partial charge on any atom is -0.497 e. The lowest BCUT2D eigenvalue weighted by Gasteiger charge is -2.09. The third kappa shape index (κ3) is 3.56. The van der Waals surface area contributed by atoms with Gasteiger partial charge >= 0.3 is 5.69 Å². The van der Waals surface area contributed by atoms with Gasteiger partial charge < -0.3 is 14.9 Å². The summed E-state index contributed by atoms with van der Waals surface area (Å²) in [6, 6.07) is 2.24. The minimum atomic E-state index is -1.02. The third-order valence-corrected chi connectivity index (χ3v) is 3.24. The molecule has 0 radical (unpaired) electrons. The van der Waals surface area contributed by atoms with E-state index >= 15 is 0 Å². The lowest BCUT2D eigenvalue weighted by Crippen LogP contribution is -2.14. The Kier molecular flexibility index (Phi) is 5.32. The average Bonchev–Trinajstić information content (AvgIpc) is 2.34. The Balaban J connectivity index is 3.05. The summed E-state index contributed by atoms with van der Waals surface area (Å²) in [4.78, 5) is 9.97. The quantitative estimate of drug-likeness (QED) is 0.461. The van der Waals surface area contributed by atoms with Crippen molar-refractivity contribution in [3.63, 3.8) is 0 Å². The first-order valence-electron chi connectivity index (χ1n) is 4.93. The number of aliphatic hydroxyl groups is 2. The summed E-state index contributed by atoms with van der Waals surface area (Å²) in [5, 5.41) is 28.6. The number of aliphatic hydroxyl groups excluding tert-OH is 2. The van der Waals surface area contributed by atoms with Crippen LogP contribution < -0.4 is 4.74 Å². The molecule has 1 unspecified atom stereocenters. The van der Waals surface area contributed by atoms with E-state index in [9.17, 15) is 19.6 Å². The lowest BCUT2D eigenvalue weighted by molar-refractivity contribution is -0.390. The molecule has 0 saturated heterocycles. The zero-order valence-corrected chi connectivity index (χ0v) is 10.3. The molecule has 2 N–H and O–H groups in total. The van der Waals surface area contributed by atoms with Crippen molar-refractivity contribution in [2.75, 3.05) is 19.5 Å². The van der Waals surface area contributed by atoms with Crippen molar-refractivity contribution in [2.24, 2.45) is 0 Å². The molecule has 0 aliphatic carbocycles. The molecule has 1 aromatic rings. The number of hydrogen-bond donors (Lipinski definition) is 2. The molecule has 0 heterocycles. The van der Waals surface area contributed by atoms with Crippen molar-refractivity contribution in [3.8, 4) is 5.75 Å². The van der Waals surface area contributed by atoms with E-state index in [-0.39, 0.29) is 16.4 Å². The summed E-state index contributed by atoms with van der Waals surface area (Å²) >= 11 is 0.880. The van der Waals surface area contributed by atoms with Gasteiger partial charge in [0.2, 0.25) is 5.82 Å². The molecule has 1 rings (SSSR count). The van der Waals surface area contributed by atoms with Crippen molar-refractivity contribution < 1.29 is 24.3 Å². The van der Waals surface area contributed by atoms with Crippen LogP contribution in [0.1, 0.15) is 0 Å². The first kappa shape index (κ1) is 14.7. The largest absolute Gasteiger partial charge is 0.497 e. The Labute approximate surface area is 107 Å².